The Morgan fingerprint density at radius 2 is 2.10 bits per heavy atom. The highest BCUT2D eigenvalue weighted by Gasteiger charge is 2.11. The average molecular weight is 289 g/mol. The van der Waals surface area contributed by atoms with E-state index in [4.69, 9.17) is 0 Å². The van der Waals surface area contributed by atoms with Crippen molar-refractivity contribution in [3.8, 4) is 0 Å². The van der Waals surface area contributed by atoms with Gasteiger partial charge in [0.15, 0.2) is 4.96 Å². The molecule has 0 aliphatic heterocycles. The molecule has 5 heteroatoms. The molecule has 0 amide bonds. The Balaban J connectivity index is 1.74. The van der Waals surface area contributed by atoms with E-state index < -0.39 is 0 Å². The van der Waals surface area contributed by atoms with Crippen LogP contribution in [0, 0.1) is 12.7 Å². The smallest absolute Gasteiger partial charge is 0.194 e. The van der Waals surface area contributed by atoms with Crippen molar-refractivity contribution in [2.45, 2.75) is 26.4 Å². The summed E-state index contributed by atoms with van der Waals surface area (Å²) in [6, 6.07) is 6.79. The third-order valence-electron chi connectivity index (χ3n) is 3.51. The highest BCUT2D eigenvalue weighted by atomic mass is 32.1. The van der Waals surface area contributed by atoms with Crippen molar-refractivity contribution in [1.82, 2.24) is 14.7 Å². The molecular formula is C15H16FN3S. The number of fused-ring (bicyclic) bond motifs is 1. The zero-order valence-electron chi connectivity index (χ0n) is 11.4. The molecule has 1 aromatic carbocycles. The van der Waals surface area contributed by atoms with Crippen LogP contribution < -0.4 is 5.32 Å². The van der Waals surface area contributed by atoms with Crippen LogP contribution in [0.5, 0.6) is 0 Å². The Labute approximate surface area is 121 Å². The Hall–Kier alpha value is -1.72. The standard InChI is InChI=1S/C15H16FN3S/c1-10(12-3-5-13(16)6-4-12)17-9-14-11(2)18-15-19(14)7-8-20-15/h3-8,10,17H,9H2,1-2H3/t10-/m1/s1. The summed E-state index contributed by atoms with van der Waals surface area (Å²) < 4.78 is 15.0. The Bertz CT molecular complexity index is 714. The van der Waals surface area contributed by atoms with Crippen LogP contribution in [-0.2, 0) is 6.54 Å². The molecule has 0 fully saturated rings. The third-order valence-corrected chi connectivity index (χ3v) is 4.26. The number of thiazole rings is 1. The van der Waals surface area contributed by atoms with Crippen molar-refractivity contribution >= 4 is 16.3 Å². The zero-order valence-corrected chi connectivity index (χ0v) is 12.2. The maximum atomic E-state index is 12.9. The van der Waals surface area contributed by atoms with E-state index in [1.165, 1.54) is 17.8 Å². The van der Waals surface area contributed by atoms with Crippen LogP contribution in [-0.4, -0.2) is 9.38 Å². The monoisotopic (exact) mass is 289 g/mol. The van der Waals surface area contributed by atoms with Gasteiger partial charge in [0.1, 0.15) is 5.82 Å². The zero-order chi connectivity index (χ0) is 14.1. The molecule has 0 unspecified atom stereocenters. The summed E-state index contributed by atoms with van der Waals surface area (Å²) in [5.74, 6) is -0.201. The molecule has 20 heavy (non-hydrogen) atoms. The molecule has 1 N–H and O–H groups in total. The largest absolute Gasteiger partial charge is 0.305 e. The number of hydrogen-bond donors (Lipinski definition) is 1. The van der Waals surface area contributed by atoms with Gasteiger partial charge >= 0.3 is 0 Å². The van der Waals surface area contributed by atoms with Gasteiger partial charge in [0.05, 0.1) is 11.4 Å². The minimum Gasteiger partial charge on any atom is -0.305 e. The first-order valence-corrected chi connectivity index (χ1v) is 7.43. The second-order valence-electron chi connectivity index (χ2n) is 4.85. The van der Waals surface area contributed by atoms with Crippen LogP contribution >= 0.6 is 11.3 Å². The normalized spacial score (nSPS) is 12.9. The van der Waals surface area contributed by atoms with Crippen LogP contribution in [0.25, 0.3) is 4.96 Å². The molecule has 0 aliphatic rings. The molecule has 104 valence electrons. The van der Waals surface area contributed by atoms with Crippen LogP contribution in [0.15, 0.2) is 35.8 Å². The number of rotatable bonds is 4. The van der Waals surface area contributed by atoms with Gasteiger partial charge in [-0.3, -0.25) is 4.40 Å². The predicted molar refractivity (Wildman–Crippen MR) is 79.5 cm³/mol. The Kier molecular flexibility index (Phi) is 3.54. The van der Waals surface area contributed by atoms with Gasteiger partial charge in [-0.25, -0.2) is 9.37 Å². The van der Waals surface area contributed by atoms with Crippen molar-refractivity contribution in [2.75, 3.05) is 0 Å². The molecule has 0 spiro atoms. The van der Waals surface area contributed by atoms with E-state index in [1.807, 2.05) is 30.6 Å². The van der Waals surface area contributed by atoms with Gasteiger partial charge in [-0.15, -0.1) is 11.3 Å². The van der Waals surface area contributed by atoms with Crippen molar-refractivity contribution in [3.63, 3.8) is 0 Å². The first kappa shape index (κ1) is 13.3. The molecule has 1 atom stereocenters. The van der Waals surface area contributed by atoms with Crippen LogP contribution in [0.1, 0.15) is 29.9 Å². The maximum absolute atomic E-state index is 12.9. The molecule has 0 saturated carbocycles. The number of hydrogen-bond acceptors (Lipinski definition) is 3. The molecule has 3 rings (SSSR count). The van der Waals surface area contributed by atoms with Gasteiger partial charge < -0.3 is 5.32 Å². The van der Waals surface area contributed by atoms with Gasteiger partial charge in [0, 0.05) is 24.2 Å². The highest BCUT2D eigenvalue weighted by Crippen LogP contribution is 2.18. The molecule has 0 radical (unpaired) electrons. The molecular weight excluding hydrogens is 273 g/mol. The van der Waals surface area contributed by atoms with Gasteiger partial charge in [0.2, 0.25) is 0 Å². The maximum Gasteiger partial charge on any atom is 0.194 e. The molecule has 0 aliphatic carbocycles. The summed E-state index contributed by atoms with van der Waals surface area (Å²) in [5, 5.41) is 5.50. The first-order valence-electron chi connectivity index (χ1n) is 6.55. The summed E-state index contributed by atoms with van der Waals surface area (Å²) in [5.41, 5.74) is 3.31. The fourth-order valence-corrected chi connectivity index (χ4v) is 3.05. The SMILES string of the molecule is Cc1nc2sccn2c1CN[C@H](C)c1ccc(F)cc1. The lowest BCUT2D eigenvalue weighted by molar-refractivity contribution is 0.561. The summed E-state index contributed by atoms with van der Waals surface area (Å²) in [7, 11) is 0. The van der Waals surface area contributed by atoms with Gasteiger partial charge in [0.25, 0.3) is 0 Å². The molecule has 0 bridgehead atoms. The van der Waals surface area contributed by atoms with E-state index in [1.54, 1.807) is 11.3 Å². The fraction of sp³-hybridized carbons (Fsp3) is 0.267. The lowest BCUT2D eigenvalue weighted by Crippen LogP contribution is -2.19. The number of benzene rings is 1. The lowest BCUT2D eigenvalue weighted by atomic mass is 10.1. The number of aryl methyl sites for hydroxylation is 1. The predicted octanol–water partition coefficient (Wildman–Crippen LogP) is 3.69. The van der Waals surface area contributed by atoms with Crippen LogP contribution in [0.4, 0.5) is 4.39 Å². The molecule has 2 heterocycles. The molecule has 2 aromatic heterocycles. The minimum absolute atomic E-state index is 0.166. The summed E-state index contributed by atoms with van der Waals surface area (Å²) >= 11 is 1.64. The number of aromatic nitrogens is 2. The second-order valence-corrected chi connectivity index (χ2v) is 5.73. The van der Waals surface area contributed by atoms with Crippen LogP contribution in [0.2, 0.25) is 0 Å². The summed E-state index contributed by atoms with van der Waals surface area (Å²) in [6.45, 7) is 4.84. The summed E-state index contributed by atoms with van der Waals surface area (Å²) in [6.07, 6.45) is 2.04. The van der Waals surface area contributed by atoms with E-state index >= 15 is 0 Å². The van der Waals surface area contributed by atoms with E-state index in [9.17, 15) is 4.39 Å². The van der Waals surface area contributed by atoms with Gasteiger partial charge in [-0.2, -0.15) is 0 Å². The Morgan fingerprint density at radius 1 is 1.35 bits per heavy atom. The Morgan fingerprint density at radius 3 is 2.85 bits per heavy atom. The number of halogens is 1. The lowest BCUT2D eigenvalue weighted by Gasteiger charge is -2.14. The first-order chi connectivity index (χ1) is 9.65. The van der Waals surface area contributed by atoms with Crippen molar-refractivity contribution in [3.05, 3.63) is 58.6 Å². The number of nitrogens with zero attached hydrogens (tertiary/aromatic N) is 2. The van der Waals surface area contributed by atoms with Crippen molar-refractivity contribution in [1.29, 1.82) is 0 Å². The molecule has 3 nitrogen and oxygen atoms in total. The molecule has 3 aromatic rings. The third kappa shape index (κ3) is 2.46. The van der Waals surface area contributed by atoms with E-state index in [0.29, 0.717) is 0 Å². The number of imidazole rings is 1. The van der Waals surface area contributed by atoms with Gasteiger partial charge in [-0.05, 0) is 31.5 Å². The van der Waals surface area contributed by atoms with Crippen molar-refractivity contribution < 1.29 is 4.39 Å². The van der Waals surface area contributed by atoms with Gasteiger partial charge in [-0.1, -0.05) is 12.1 Å². The average Bonchev–Trinajstić information content (AvgIpc) is 2.98. The fourth-order valence-electron chi connectivity index (χ4n) is 2.27. The van der Waals surface area contributed by atoms with Crippen LogP contribution in [0.3, 0.4) is 0 Å². The second kappa shape index (κ2) is 5.34. The topological polar surface area (TPSA) is 29.3 Å². The number of nitrogens with one attached hydrogen (secondary N) is 1. The highest BCUT2D eigenvalue weighted by molar-refractivity contribution is 7.15. The van der Waals surface area contributed by atoms with E-state index in [2.05, 4.69) is 21.6 Å². The quantitative estimate of drug-likeness (QED) is 0.793. The minimum atomic E-state index is -0.201. The summed E-state index contributed by atoms with van der Waals surface area (Å²) in [4.78, 5) is 5.55. The van der Waals surface area contributed by atoms with Crippen molar-refractivity contribution in [2.24, 2.45) is 0 Å². The molecule has 0 saturated heterocycles. The van der Waals surface area contributed by atoms with E-state index in [-0.39, 0.29) is 11.9 Å². The van der Waals surface area contributed by atoms with E-state index in [0.717, 1.165) is 22.8 Å².